The minimum absolute atomic E-state index is 0.0470. The number of rotatable bonds is 4. The van der Waals surface area contributed by atoms with E-state index in [1.807, 2.05) is 24.3 Å². The largest absolute Gasteiger partial charge is 0.497 e. The van der Waals surface area contributed by atoms with Crippen molar-refractivity contribution >= 4 is 16.8 Å². The van der Waals surface area contributed by atoms with Crippen molar-refractivity contribution in [3.8, 4) is 5.75 Å². The molecule has 2 aliphatic rings. The van der Waals surface area contributed by atoms with Crippen molar-refractivity contribution in [2.45, 2.75) is 66.0 Å². The second-order valence-electron chi connectivity index (χ2n) is 9.74. The van der Waals surface area contributed by atoms with Crippen LogP contribution in [0.1, 0.15) is 70.4 Å². The van der Waals surface area contributed by atoms with E-state index in [9.17, 15) is 4.79 Å². The van der Waals surface area contributed by atoms with Crippen molar-refractivity contribution in [1.82, 2.24) is 9.88 Å². The Kier molecular flexibility index (Phi) is 4.10. The number of methoxy groups -OCH3 is 1. The number of nitrogens with one attached hydrogen (secondary N) is 1. The number of hydrogen-bond donors (Lipinski definition) is 1. The molecule has 27 heavy (non-hydrogen) atoms. The van der Waals surface area contributed by atoms with E-state index in [0.29, 0.717) is 5.92 Å². The Morgan fingerprint density at radius 2 is 2.00 bits per heavy atom. The van der Waals surface area contributed by atoms with Crippen LogP contribution in [0.2, 0.25) is 0 Å². The van der Waals surface area contributed by atoms with Crippen LogP contribution in [0, 0.1) is 16.7 Å². The molecule has 1 heterocycles. The Morgan fingerprint density at radius 1 is 1.26 bits per heavy atom. The standard InChI is InChI=1S/C23H32N2O2/c1-14(2)25-18-8-7-17(27-6)11-15(18)12-19(25)20(26)24-21-22(3,4)16-9-10-23(21,5)13-16/h7-8,11-12,14,16,21H,9-10,13H2,1-6H3,(H,24,26)/t16?,21?,23-/m0/s1. The topological polar surface area (TPSA) is 43.3 Å². The number of carbonyl (C=O) groups excluding carboxylic acids is 1. The van der Waals surface area contributed by atoms with E-state index in [0.717, 1.165) is 22.3 Å². The second-order valence-corrected chi connectivity index (χ2v) is 9.74. The molecule has 2 bridgehead atoms. The average molecular weight is 369 g/mol. The number of ether oxygens (including phenoxy) is 1. The minimum atomic E-state index is 0.0470. The Balaban J connectivity index is 1.71. The minimum Gasteiger partial charge on any atom is -0.497 e. The lowest BCUT2D eigenvalue weighted by Gasteiger charge is -2.43. The molecule has 4 heteroatoms. The van der Waals surface area contributed by atoms with Crippen molar-refractivity contribution in [2.24, 2.45) is 16.7 Å². The molecule has 2 unspecified atom stereocenters. The van der Waals surface area contributed by atoms with Gasteiger partial charge in [-0.25, -0.2) is 0 Å². The highest BCUT2D eigenvalue weighted by Crippen LogP contribution is 2.62. The molecule has 0 spiro atoms. The molecule has 146 valence electrons. The van der Waals surface area contributed by atoms with E-state index < -0.39 is 0 Å². The van der Waals surface area contributed by atoms with Gasteiger partial charge in [0, 0.05) is 23.0 Å². The summed E-state index contributed by atoms with van der Waals surface area (Å²) in [6, 6.07) is 8.46. The van der Waals surface area contributed by atoms with Gasteiger partial charge in [-0.3, -0.25) is 4.79 Å². The van der Waals surface area contributed by atoms with Crippen molar-refractivity contribution in [3.05, 3.63) is 30.0 Å². The van der Waals surface area contributed by atoms with Gasteiger partial charge in [-0.1, -0.05) is 20.8 Å². The van der Waals surface area contributed by atoms with Crippen LogP contribution < -0.4 is 10.1 Å². The molecule has 1 amide bonds. The van der Waals surface area contributed by atoms with Crippen LogP contribution >= 0.6 is 0 Å². The molecule has 0 aliphatic heterocycles. The third-order valence-corrected chi connectivity index (χ3v) is 7.34. The van der Waals surface area contributed by atoms with E-state index >= 15 is 0 Å². The number of benzene rings is 1. The fourth-order valence-electron chi connectivity index (χ4n) is 5.94. The lowest BCUT2D eigenvalue weighted by molar-refractivity contribution is 0.0728. The van der Waals surface area contributed by atoms with E-state index in [1.54, 1.807) is 7.11 Å². The maximum atomic E-state index is 13.4. The fraction of sp³-hybridized carbons (Fsp3) is 0.609. The van der Waals surface area contributed by atoms with Gasteiger partial charge in [-0.05, 0) is 74.1 Å². The van der Waals surface area contributed by atoms with Gasteiger partial charge in [-0.2, -0.15) is 0 Å². The van der Waals surface area contributed by atoms with E-state index in [2.05, 4.69) is 44.5 Å². The van der Waals surface area contributed by atoms with Crippen LogP contribution in [0.25, 0.3) is 10.9 Å². The summed E-state index contributed by atoms with van der Waals surface area (Å²) in [5.74, 6) is 1.58. The predicted molar refractivity (Wildman–Crippen MR) is 109 cm³/mol. The van der Waals surface area contributed by atoms with Gasteiger partial charge in [0.05, 0.1) is 7.11 Å². The number of nitrogens with zero attached hydrogens (tertiary/aromatic N) is 1. The molecule has 4 nitrogen and oxygen atoms in total. The Hall–Kier alpha value is -1.97. The number of fused-ring (bicyclic) bond motifs is 3. The maximum Gasteiger partial charge on any atom is 0.268 e. The molecule has 1 N–H and O–H groups in total. The number of carbonyl (C=O) groups is 1. The van der Waals surface area contributed by atoms with Gasteiger partial charge in [0.25, 0.3) is 5.91 Å². The lowest BCUT2D eigenvalue weighted by atomic mass is 9.68. The SMILES string of the molecule is COc1ccc2c(c1)cc(C(=O)NC1C(C)(C)C3CC[C@@]1(C)C3)n2C(C)C. The van der Waals surface area contributed by atoms with Crippen LogP contribution in [0.5, 0.6) is 5.75 Å². The summed E-state index contributed by atoms with van der Waals surface area (Å²) in [7, 11) is 1.67. The summed E-state index contributed by atoms with van der Waals surface area (Å²) in [6.07, 6.45) is 3.74. The molecule has 1 aromatic heterocycles. The Labute approximate surface area is 162 Å². The molecule has 0 saturated heterocycles. The highest BCUT2D eigenvalue weighted by molar-refractivity contribution is 5.99. The van der Waals surface area contributed by atoms with Crippen LogP contribution in [-0.4, -0.2) is 23.6 Å². The zero-order valence-electron chi connectivity index (χ0n) is 17.4. The molecule has 2 saturated carbocycles. The van der Waals surface area contributed by atoms with Gasteiger partial charge in [0.15, 0.2) is 0 Å². The number of amides is 1. The van der Waals surface area contributed by atoms with Crippen molar-refractivity contribution in [2.75, 3.05) is 7.11 Å². The maximum absolute atomic E-state index is 13.4. The molecule has 4 rings (SSSR count). The molecule has 0 radical (unpaired) electrons. The van der Waals surface area contributed by atoms with Gasteiger partial charge in [-0.15, -0.1) is 0 Å². The summed E-state index contributed by atoms with van der Waals surface area (Å²) in [6.45, 7) is 11.3. The zero-order chi connectivity index (χ0) is 19.6. The molecular formula is C23H32N2O2. The molecule has 2 fully saturated rings. The second kappa shape index (κ2) is 6.02. The van der Waals surface area contributed by atoms with Gasteiger partial charge < -0.3 is 14.6 Å². The van der Waals surface area contributed by atoms with Crippen LogP contribution in [-0.2, 0) is 0 Å². The molecule has 2 aliphatic carbocycles. The smallest absolute Gasteiger partial charge is 0.268 e. The van der Waals surface area contributed by atoms with Crippen molar-refractivity contribution in [1.29, 1.82) is 0 Å². The van der Waals surface area contributed by atoms with Crippen molar-refractivity contribution in [3.63, 3.8) is 0 Å². The molecule has 3 atom stereocenters. The summed E-state index contributed by atoms with van der Waals surface area (Å²) in [4.78, 5) is 13.4. The normalized spacial score (nSPS) is 28.9. The first-order chi connectivity index (χ1) is 12.7. The van der Waals surface area contributed by atoms with E-state index in [4.69, 9.17) is 4.74 Å². The van der Waals surface area contributed by atoms with E-state index in [1.165, 1.54) is 19.3 Å². The first kappa shape index (κ1) is 18.4. The molecule has 1 aromatic carbocycles. The lowest BCUT2D eigenvalue weighted by Crippen LogP contribution is -2.52. The molecular weight excluding hydrogens is 336 g/mol. The third-order valence-electron chi connectivity index (χ3n) is 7.34. The van der Waals surface area contributed by atoms with E-state index in [-0.39, 0.29) is 28.8 Å². The average Bonchev–Trinajstić information content (AvgIpc) is 3.24. The Morgan fingerprint density at radius 3 is 2.59 bits per heavy atom. The van der Waals surface area contributed by atoms with Gasteiger partial charge in [0.1, 0.15) is 11.4 Å². The summed E-state index contributed by atoms with van der Waals surface area (Å²) in [5, 5.41) is 4.50. The van der Waals surface area contributed by atoms with Gasteiger partial charge in [0.2, 0.25) is 0 Å². The third kappa shape index (κ3) is 2.67. The van der Waals surface area contributed by atoms with Crippen LogP contribution in [0.3, 0.4) is 0 Å². The first-order valence-corrected chi connectivity index (χ1v) is 10.2. The quantitative estimate of drug-likeness (QED) is 0.808. The summed E-state index contributed by atoms with van der Waals surface area (Å²) < 4.78 is 7.51. The number of hydrogen-bond acceptors (Lipinski definition) is 2. The first-order valence-electron chi connectivity index (χ1n) is 10.2. The van der Waals surface area contributed by atoms with Gasteiger partial charge >= 0.3 is 0 Å². The van der Waals surface area contributed by atoms with Crippen LogP contribution in [0.4, 0.5) is 0 Å². The predicted octanol–water partition coefficient (Wildman–Crippen LogP) is 5.18. The summed E-state index contributed by atoms with van der Waals surface area (Å²) >= 11 is 0. The fourth-order valence-corrected chi connectivity index (χ4v) is 5.94. The van der Waals surface area contributed by atoms with Crippen LogP contribution in [0.15, 0.2) is 24.3 Å². The highest BCUT2D eigenvalue weighted by Gasteiger charge is 2.59. The van der Waals surface area contributed by atoms with Crippen molar-refractivity contribution < 1.29 is 9.53 Å². The monoisotopic (exact) mass is 368 g/mol. The Bertz CT molecular complexity index is 890. The summed E-state index contributed by atoms with van der Waals surface area (Å²) in [5.41, 5.74) is 2.20. The zero-order valence-corrected chi connectivity index (χ0v) is 17.4. The highest BCUT2D eigenvalue weighted by atomic mass is 16.5. The number of aromatic nitrogens is 1. The molecule has 2 aromatic rings.